The first-order valence-electron chi connectivity index (χ1n) is 47.5. The third kappa shape index (κ3) is 45.5. The second-order valence-electron chi connectivity index (χ2n) is 41.2. The summed E-state index contributed by atoms with van der Waals surface area (Å²) in [6, 6.07) is 73.9. The van der Waals surface area contributed by atoms with Gasteiger partial charge in [-0.3, -0.25) is 19.9 Å². The van der Waals surface area contributed by atoms with Crippen molar-refractivity contribution < 1.29 is 121 Å². The Labute approximate surface area is 873 Å². The molecule has 136 heavy (non-hydrogen) atoms. The summed E-state index contributed by atoms with van der Waals surface area (Å²) in [6.07, 6.45) is 9.50. The molecule has 0 saturated heterocycles. The summed E-state index contributed by atoms with van der Waals surface area (Å²) >= 11 is 0. The van der Waals surface area contributed by atoms with Crippen LogP contribution >= 0.6 is 0 Å². The number of aliphatic hydroxyl groups excluding tert-OH is 8. The molecule has 12 nitrogen and oxygen atoms in total. The van der Waals surface area contributed by atoms with Crippen molar-refractivity contribution in [1.82, 2.24) is 19.9 Å². The maximum absolute atomic E-state index is 9.68. The van der Waals surface area contributed by atoms with E-state index >= 15 is 0 Å². The van der Waals surface area contributed by atoms with Crippen LogP contribution in [0, 0.1) is 138 Å². The number of aryl methyl sites for hydroxylation is 8. The zero-order chi connectivity index (χ0) is 98.9. The van der Waals surface area contributed by atoms with Gasteiger partial charge in [-0.1, -0.05) is 305 Å². The molecule has 0 amide bonds. The average Bonchev–Trinajstić information content (AvgIpc) is 0.810. The summed E-state index contributed by atoms with van der Waals surface area (Å²) in [5.74, 6) is 4.74. The molecule has 4 radical (unpaired) electrons. The maximum Gasteiger partial charge on any atom is 0.0961 e. The van der Waals surface area contributed by atoms with E-state index in [9.17, 15) is 30.6 Å². The molecule has 4 unspecified atom stereocenters. The van der Waals surface area contributed by atoms with E-state index in [0.29, 0.717) is 54.1 Å². The van der Waals surface area contributed by atoms with Gasteiger partial charge in [0.1, 0.15) is 0 Å². The largest absolute Gasteiger partial charge is 0.513 e. The van der Waals surface area contributed by atoms with Gasteiger partial charge in [0.25, 0.3) is 0 Å². The summed E-state index contributed by atoms with van der Waals surface area (Å²) in [6.45, 7) is 65.3. The molecule has 0 aliphatic carbocycles. The molecule has 12 rings (SSSR count). The van der Waals surface area contributed by atoms with E-state index in [1.54, 1.807) is 13.0 Å². The zero-order valence-corrected chi connectivity index (χ0v) is 96.9. The molecule has 748 valence electrons. The fourth-order valence-corrected chi connectivity index (χ4v) is 14.9. The van der Waals surface area contributed by atoms with Crippen molar-refractivity contribution in [3.63, 3.8) is 0 Å². The molecule has 4 aromatic heterocycles. The first kappa shape index (κ1) is 126. The van der Waals surface area contributed by atoms with E-state index in [-0.39, 0.29) is 120 Å². The Balaban J connectivity index is 0.000000791. The second-order valence-corrected chi connectivity index (χ2v) is 41.2. The minimum absolute atomic E-state index is 0. The van der Waals surface area contributed by atoms with E-state index in [1.165, 1.54) is 91.2 Å². The van der Waals surface area contributed by atoms with Gasteiger partial charge < -0.3 is 40.9 Å². The molecule has 12 aromatic rings. The number of hydrogen-bond donors (Lipinski definition) is 8. The molecule has 0 spiro atoms. The molecule has 16 heteroatoms. The first-order valence-corrected chi connectivity index (χ1v) is 47.5. The van der Waals surface area contributed by atoms with Crippen LogP contribution in [0.3, 0.4) is 0 Å². The number of rotatable bonds is 22. The van der Waals surface area contributed by atoms with E-state index in [0.717, 1.165) is 115 Å². The standard InChI is InChI=1S/4C21H22N.2C11H22O2.C9H18O2.C5H10O2.4Ir/c4*1-14(2)10-17-6-5-7-21-19(17)8-9-20(22-21)18-12-15(3)11-16(4)13-18;1-10(2,3)8(12)7-9(13)11(4,5)6;1-8(2)5-10(12)7-11(13)6-9(3)4;1-6(2)8(10)5-9(11)7(3)4;1-4(6)3-5(2)7;;;;/h4*5-9,11-12,14H,10H2,1-4H3;7-8,12-13H,1-6H3;7-10,12-13H,5-6H2,1-4H3;5-8,10-11H,1-4H3;3-4,6-7H,1-2H3;;;;/q4*-1;;;;;;;;. The molecule has 0 fully saturated rings. The molecule has 8 aromatic carbocycles. The fourth-order valence-electron chi connectivity index (χ4n) is 14.9. The molecule has 0 bridgehead atoms. The van der Waals surface area contributed by atoms with E-state index in [2.05, 4.69) is 319 Å². The number of aromatic nitrogens is 4. The zero-order valence-electron chi connectivity index (χ0n) is 87.3. The Morgan fingerprint density at radius 1 is 0.346 bits per heavy atom. The predicted molar refractivity (Wildman–Crippen MR) is 562 cm³/mol. The summed E-state index contributed by atoms with van der Waals surface area (Å²) in [5, 5.41) is 78.7. The quantitative estimate of drug-likeness (QED) is 0.0235. The van der Waals surface area contributed by atoms with Crippen molar-refractivity contribution in [3.05, 3.63) is 308 Å². The van der Waals surface area contributed by atoms with Crippen molar-refractivity contribution in [2.45, 2.75) is 285 Å². The van der Waals surface area contributed by atoms with Gasteiger partial charge in [-0.05, 0) is 186 Å². The fraction of sp³-hybridized carbons (Fsp3) is 0.433. The number of aliphatic hydroxyl groups is 8. The molecule has 0 aliphatic heterocycles. The van der Waals surface area contributed by atoms with Crippen LogP contribution in [0.2, 0.25) is 0 Å². The van der Waals surface area contributed by atoms with E-state index in [1.807, 2.05) is 83.1 Å². The van der Waals surface area contributed by atoms with Crippen LogP contribution in [0.1, 0.15) is 246 Å². The predicted octanol–water partition coefficient (Wildman–Crippen LogP) is 30.8. The average molecular weight is 2560 g/mol. The first-order chi connectivity index (χ1) is 61.6. The van der Waals surface area contributed by atoms with Gasteiger partial charge in [-0.15, -0.1) is 140 Å². The van der Waals surface area contributed by atoms with Crippen LogP contribution in [0.25, 0.3) is 88.6 Å². The topological polar surface area (TPSA) is 213 Å². The minimum Gasteiger partial charge on any atom is -0.513 e. The molecule has 8 N–H and O–H groups in total. The van der Waals surface area contributed by atoms with Gasteiger partial charge in [-0.25, -0.2) is 0 Å². The minimum atomic E-state index is -0.605. The summed E-state index contributed by atoms with van der Waals surface area (Å²) in [5.41, 5.74) is 27.3. The van der Waals surface area contributed by atoms with E-state index in [4.69, 9.17) is 30.1 Å². The number of benzene rings is 8. The van der Waals surface area contributed by atoms with Gasteiger partial charge in [0.2, 0.25) is 0 Å². The summed E-state index contributed by atoms with van der Waals surface area (Å²) in [7, 11) is 0. The smallest absolute Gasteiger partial charge is 0.0961 e. The van der Waals surface area contributed by atoms with Crippen molar-refractivity contribution in [2.24, 2.45) is 58.2 Å². The van der Waals surface area contributed by atoms with Crippen LogP contribution in [0.5, 0.6) is 0 Å². The van der Waals surface area contributed by atoms with Gasteiger partial charge in [0.05, 0.1) is 69.5 Å². The molecule has 0 saturated carbocycles. The van der Waals surface area contributed by atoms with Gasteiger partial charge in [-0.2, -0.15) is 0 Å². The molecule has 4 atom stereocenters. The molecule has 0 aliphatic rings. The van der Waals surface area contributed by atoms with Gasteiger partial charge >= 0.3 is 0 Å². The van der Waals surface area contributed by atoms with Crippen LogP contribution in [0.15, 0.2) is 217 Å². The summed E-state index contributed by atoms with van der Waals surface area (Å²) in [4.78, 5) is 19.5. The second kappa shape index (κ2) is 60.9. The van der Waals surface area contributed by atoms with Crippen molar-refractivity contribution in [1.29, 1.82) is 0 Å². The third-order valence-electron chi connectivity index (χ3n) is 21.3. The normalized spacial score (nSPS) is 12.6. The number of fused-ring (bicyclic) bond motifs is 4. The van der Waals surface area contributed by atoms with Gasteiger partial charge in [0, 0.05) is 120 Å². The Hall–Kier alpha value is -8.00. The Kier molecular flexibility index (Phi) is 56.4. The number of nitrogens with zero attached hydrogens (tertiary/aromatic N) is 4. The third-order valence-corrected chi connectivity index (χ3v) is 21.3. The Morgan fingerprint density at radius 3 is 0.824 bits per heavy atom. The van der Waals surface area contributed by atoms with Crippen LogP contribution < -0.4 is 0 Å². The molecular formula is C120H160Ir4N4O8-4. The monoisotopic (exact) mass is 2560 g/mol. The van der Waals surface area contributed by atoms with Gasteiger partial charge in [0.15, 0.2) is 0 Å². The Morgan fingerprint density at radius 2 is 0.625 bits per heavy atom. The van der Waals surface area contributed by atoms with Crippen LogP contribution in [-0.2, 0) is 106 Å². The molecule has 4 heterocycles. The van der Waals surface area contributed by atoms with E-state index < -0.39 is 24.4 Å². The molecular weight excluding hydrogens is 2390 g/mol. The number of pyridine rings is 4. The Bertz CT molecular complexity index is 5120. The number of allylic oxidation sites excluding steroid dienone is 4. The van der Waals surface area contributed by atoms with Crippen molar-refractivity contribution in [2.75, 3.05) is 0 Å². The van der Waals surface area contributed by atoms with Crippen LogP contribution in [0.4, 0.5) is 0 Å². The SMILES string of the molecule is CC(C)(C)C(O)=CC(O)C(C)(C)C.CC(C)C(O)=CC(O)C(C)C.CC(C)CC(O)=CC(O)CC(C)C.CC(O)=CC(C)O.Cc1[c-]c(-c2ccc3c(CC(C)C)cccc3n2)cc(C)c1.Cc1[c-]c(-c2ccc3c(CC(C)C)cccc3n2)cc(C)c1.Cc1[c-]c(-c2ccc3c(CC(C)C)cccc3n2)cc(C)c1.Cc1[c-]c(-c2ccc3c(CC(C)C)cccc3n2)cc(C)c1.[Ir].[Ir].[Ir].[Ir]. The number of hydrogen-bond acceptors (Lipinski definition) is 12. The van der Waals surface area contributed by atoms with Crippen molar-refractivity contribution >= 4 is 43.6 Å². The maximum atomic E-state index is 9.68. The van der Waals surface area contributed by atoms with Crippen LogP contribution in [-0.4, -0.2) is 85.2 Å². The van der Waals surface area contributed by atoms with Crippen molar-refractivity contribution in [3.8, 4) is 45.0 Å². The summed E-state index contributed by atoms with van der Waals surface area (Å²) < 4.78 is 0.